The molecule has 0 saturated heterocycles. The molecule has 0 spiro atoms. The molecule has 1 heterocycles. The van der Waals surface area contributed by atoms with Crippen molar-refractivity contribution < 1.29 is 24.0 Å². The van der Waals surface area contributed by atoms with Gasteiger partial charge in [-0.3, -0.25) is 0 Å². The van der Waals surface area contributed by atoms with E-state index in [1.165, 1.54) is 12.4 Å². The number of nitrogens with zero attached hydrogens (tertiary/aromatic N) is 5. The van der Waals surface area contributed by atoms with Gasteiger partial charge >= 0.3 is 13.9 Å². The van der Waals surface area contributed by atoms with Crippen LogP contribution in [0.3, 0.4) is 0 Å². The number of nitriles is 2. The second kappa shape index (κ2) is 13.5. The van der Waals surface area contributed by atoms with Crippen LogP contribution >= 0.6 is 7.82 Å². The van der Waals surface area contributed by atoms with Gasteiger partial charge in [-0.05, 0) is 0 Å². The van der Waals surface area contributed by atoms with Crippen molar-refractivity contribution in [2.24, 2.45) is 11.5 Å². The molecule has 0 aliphatic heterocycles. The molecule has 0 saturated carbocycles. The van der Waals surface area contributed by atoms with Gasteiger partial charge in [0.1, 0.15) is 0 Å². The smallest absolute Gasteiger partial charge is 0.368 e. The number of urea groups is 1. The quantitative estimate of drug-likeness (QED) is 0.123. The predicted molar refractivity (Wildman–Crippen MR) is 75.5 cm³/mol. The van der Waals surface area contributed by atoms with Crippen molar-refractivity contribution in [3.63, 3.8) is 0 Å². The number of hydrogen-bond donors (Lipinski definition) is 9. The summed E-state index contributed by atoms with van der Waals surface area (Å²) >= 11 is 0. The minimum absolute atomic E-state index is 0.0417. The molecule has 16 nitrogen and oxygen atoms in total. The number of primary amides is 2. The van der Waals surface area contributed by atoms with Crippen LogP contribution in [0.25, 0.3) is 0 Å². The van der Waals surface area contributed by atoms with Crippen LogP contribution in [-0.2, 0) is 4.57 Å². The molecule has 0 aromatic carbocycles. The number of hydrogen-bond acceptors (Lipinski definition) is 11. The Kier molecular flexibility index (Phi) is 14.5. The summed E-state index contributed by atoms with van der Waals surface area (Å²) in [5.41, 5.74) is 23.9. The van der Waals surface area contributed by atoms with Crippen molar-refractivity contribution >= 4 is 31.7 Å². The molecule has 0 aliphatic rings. The van der Waals surface area contributed by atoms with Crippen molar-refractivity contribution in [1.82, 2.24) is 20.3 Å². The monoisotopic (exact) mass is 351 g/mol. The highest BCUT2D eigenvalue weighted by atomic mass is 31.2. The number of phosphoric acid groups is 1. The van der Waals surface area contributed by atoms with Crippen LogP contribution in [0.1, 0.15) is 0 Å². The summed E-state index contributed by atoms with van der Waals surface area (Å²) in [5, 5.41) is 16.7. The maximum Gasteiger partial charge on any atom is 0.466 e. The minimum Gasteiger partial charge on any atom is -0.368 e. The molecule has 14 N–H and O–H groups in total. The van der Waals surface area contributed by atoms with Gasteiger partial charge in [-0.1, -0.05) is 0 Å². The largest absolute Gasteiger partial charge is 0.466 e. The number of rotatable bonds is 0. The molecule has 17 heteroatoms. The van der Waals surface area contributed by atoms with E-state index in [0.717, 1.165) is 0 Å². The molecular formula is C6H14N11O5P. The Balaban J connectivity index is -0.000000249. The third kappa shape index (κ3) is 45.6. The van der Waals surface area contributed by atoms with Crippen LogP contribution in [0.15, 0.2) is 0 Å². The molecule has 128 valence electrons. The lowest BCUT2D eigenvalue weighted by Crippen LogP contribution is -2.18. The van der Waals surface area contributed by atoms with Crippen LogP contribution in [0, 0.1) is 22.9 Å². The van der Waals surface area contributed by atoms with Crippen LogP contribution in [0.4, 0.5) is 22.6 Å². The number of carbonyl (C=O) groups is 1. The summed E-state index contributed by atoms with van der Waals surface area (Å²) in [6.45, 7) is 0. The number of carbonyl (C=O) groups excluding carboxylic acids is 1. The zero-order valence-corrected chi connectivity index (χ0v) is 12.1. The third-order valence-corrected chi connectivity index (χ3v) is 0.799. The van der Waals surface area contributed by atoms with E-state index in [2.05, 4.69) is 26.4 Å². The highest BCUT2D eigenvalue weighted by molar-refractivity contribution is 7.45. The molecule has 1 aromatic rings. The number of nitrogens with one attached hydrogen (secondary N) is 1. The Morgan fingerprint density at radius 1 is 0.957 bits per heavy atom. The van der Waals surface area contributed by atoms with Crippen molar-refractivity contribution in [2.45, 2.75) is 0 Å². The first-order chi connectivity index (χ1) is 10.3. The van der Waals surface area contributed by atoms with Gasteiger partial charge in [0, 0.05) is 0 Å². The van der Waals surface area contributed by atoms with E-state index in [1.54, 1.807) is 5.32 Å². The number of nitrogen functional groups attached to an aromatic ring is 3. The van der Waals surface area contributed by atoms with Crippen molar-refractivity contribution in [3.8, 4) is 12.4 Å². The molecule has 0 radical (unpaired) electrons. The highest BCUT2D eigenvalue weighted by Gasteiger charge is 2.00. The second-order valence-corrected chi connectivity index (χ2v) is 3.70. The Labute approximate surface area is 128 Å². The molecule has 0 atom stereocenters. The molecule has 1 rings (SSSR count). The standard InChI is InChI=1S/C3H6N6.C2HN3.CH4N2O.H3O4P/c4-1-7-2(5)9-3(6)8-1;3-1-5-2-4;2-1(3)4;1-5(2,3)4/h(H6,4,5,6,7,8,9);5H;(H4,2,3,4);(H3,1,2,3,4). The van der Waals surface area contributed by atoms with E-state index in [4.69, 9.17) is 51.8 Å². The van der Waals surface area contributed by atoms with Crippen molar-refractivity contribution in [2.75, 3.05) is 17.2 Å². The zero-order valence-electron chi connectivity index (χ0n) is 11.2. The SMILES string of the molecule is N#CNC#N.NC(N)=O.Nc1nc(N)nc(N)n1.O=P(O)(O)O. The van der Waals surface area contributed by atoms with Crippen molar-refractivity contribution in [1.29, 1.82) is 10.5 Å². The van der Waals surface area contributed by atoms with Gasteiger partial charge in [0.2, 0.25) is 17.8 Å². The maximum absolute atomic E-state index is 9.00. The fourth-order valence-corrected chi connectivity index (χ4v) is 0.452. The summed E-state index contributed by atoms with van der Waals surface area (Å²) in [6.07, 6.45) is 2.81. The van der Waals surface area contributed by atoms with Gasteiger partial charge in [0.05, 0.1) is 0 Å². The summed E-state index contributed by atoms with van der Waals surface area (Å²) in [5.74, 6) is 0.125. The number of nitrogens with two attached hydrogens (primary N) is 5. The van der Waals surface area contributed by atoms with Gasteiger partial charge in [-0.15, -0.1) is 0 Å². The Morgan fingerprint density at radius 3 is 1.22 bits per heavy atom. The fourth-order valence-electron chi connectivity index (χ4n) is 0.452. The normalized spacial score (nSPS) is 8.04. The lowest BCUT2D eigenvalue weighted by molar-refractivity contribution is 0.256. The minimum atomic E-state index is -4.64. The topological polar surface area (TPSA) is 323 Å². The molecule has 0 bridgehead atoms. The summed E-state index contributed by atoms with van der Waals surface area (Å²) in [6, 6.07) is -0.833. The van der Waals surface area contributed by atoms with E-state index >= 15 is 0 Å². The molecule has 0 fully saturated rings. The Hall–Kier alpha value is -3.43. The van der Waals surface area contributed by atoms with E-state index < -0.39 is 13.9 Å². The Morgan fingerprint density at radius 2 is 1.13 bits per heavy atom. The molecule has 2 amide bonds. The molecule has 1 aromatic heterocycles. The summed E-state index contributed by atoms with van der Waals surface area (Å²) in [4.78, 5) is 41.0. The molecular weight excluding hydrogens is 337 g/mol. The van der Waals surface area contributed by atoms with Gasteiger partial charge < -0.3 is 43.3 Å². The Bertz CT molecular complexity index is 529. The number of aromatic nitrogens is 3. The van der Waals surface area contributed by atoms with E-state index in [1.807, 2.05) is 0 Å². The predicted octanol–water partition coefficient (Wildman–Crippen LogP) is -3.75. The molecule has 0 unspecified atom stereocenters. The van der Waals surface area contributed by atoms with E-state index in [-0.39, 0.29) is 17.8 Å². The lowest BCUT2D eigenvalue weighted by Gasteiger charge is -1.93. The average molecular weight is 351 g/mol. The second-order valence-electron chi connectivity index (χ2n) is 2.67. The van der Waals surface area contributed by atoms with Gasteiger partial charge in [0.25, 0.3) is 0 Å². The van der Waals surface area contributed by atoms with Gasteiger partial charge in [0.15, 0.2) is 12.4 Å². The molecule has 0 aliphatic carbocycles. The lowest BCUT2D eigenvalue weighted by atomic mass is 10.9. The summed E-state index contributed by atoms with van der Waals surface area (Å²) < 4.78 is 8.88. The third-order valence-electron chi connectivity index (χ3n) is 0.799. The zero-order chi connectivity index (χ0) is 19.1. The maximum atomic E-state index is 9.00. The van der Waals surface area contributed by atoms with Crippen LogP contribution in [0.5, 0.6) is 0 Å². The first-order valence-electron chi connectivity index (χ1n) is 4.72. The van der Waals surface area contributed by atoms with Crippen LogP contribution in [-0.4, -0.2) is 35.7 Å². The summed E-state index contributed by atoms with van der Waals surface area (Å²) in [7, 11) is -4.64. The first-order valence-corrected chi connectivity index (χ1v) is 6.28. The number of anilines is 3. The van der Waals surface area contributed by atoms with E-state index in [0.29, 0.717) is 0 Å². The van der Waals surface area contributed by atoms with Gasteiger partial charge in [-0.25, -0.2) is 14.7 Å². The fraction of sp³-hybridized carbons (Fsp3) is 0. The van der Waals surface area contributed by atoms with Gasteiger partial charge in [-0.2, -0.15) is 25.5 Å². The van der Waals surface area contributed by atoms with Crippen molar-refractivity contribution in [3.05, 3.63) is 0 Å². The number of amides is 2. The highest BCUT2D eigenvalue weighted by Crippen LogP contribution is 2.25. The average Bonchev–Trinajstić information content (AvgIpc) is 2.25. The first kappa shape index (κ1) is 24.6. The van der Waals surface area contributed by atoms with E-state index in [9.17, 15) is 0 Å². The molecule has 23 heavy (non-hydrogen) atoms. The van der Waals surface area contributed by atoms with Crippen LogP contribution < -0.4 is 34.0 Å². The van der Waals surface area contributed by atoms with Crippen LogP contribution in [0.2, 0.25) is 0 Å².